The van der Waals surface area contributed by atoms with Crippen LogP contribution in [0.1, 0.15) is 0 Å². The predicted octanol–water partition coefficient (Wildman–Crippen LogP) is 12.9. The van der Waals surface area contributed by atoms with Gasteiger partial charge in [-0.05, 0) is 96.7 Å². The summed E-state index contributed by atoms with van der Waals surface area (Å²) in [5.41, 5.74) is 11.6. The number of hydrogen-bond donors (Lipinski definition) is 0. The van der Waals surface area contributed by atoms with E-state index in [9.17, 15) is 0 Å². The summed E-state index contributed by atoms with van der Waals surface area (Å²) in [7, 11) is 0. The minimum atomic E-state index is 0.673. The fourth-order valence-corrected chi connectivity index (χ4v) is 7.51. The molecule has 0 radical (unpaired) electrons. The molecule has 0 aliphatic carbocycles. The van der Waals surface area contributed by atoms with E-state index in [1.54, 1.807) is 6.20 Å². The highest BCUT2D eigenvalue weighted by atomic mass is 14.9. The minimum absolute atomic E-state index is 0.673. The summed E-state index contributed by atoms with van der Waals surface area (Å²) >= 11 is 0. The van der Waals surface area contributed by atoms with Crippen molar-refractivity contribution in [3.05, 3.63) is 200 Å². The molecule has 3 heteroatoms. The van der Waals surface area contributed by atoms with Crippen LogP contribution in [0.2, 0.25) is 0 Å². The lowest BCUT2D eigenvalue weighted by molar-refractivity contribution is 1.18. The van der Waals surface area contributed by atoms with E-state index in [1.807, 2.05) is 18.3 Å². The van der Waals surface area contributed by atoms with Crippen molar-refractivity contribution in [1.82, 2.24) is 15.0 Å². The number of pyridine rings is 1. The maximum atomic E-state index is 5.24. The highest BCUT2D eigenvalue weighted by Crippen LogP contribution is 2.37. The molecule has 2 aromatic heterocycles. The van der Waals surface area contributed by atoms with Gasteiger partial charge in [-0.3, -0.25) is 4.98 Å². The fourth-order valence-electron chi connectivity index (χ4n) is 7.51. The van der Waals surface area contributed by atoms with Crippen LogP contribution in [0.15, 0.2) is 188 Å². The Morgan fingerprint density at radius 2 is 1.04 bits per heavy atom. The van der Waals surface area contributed by atoms with Crippen LogP contribution in [0.25, 0.3) is 99.6 Å². The molecule has 10 rings (SSSR count). The number of aromatic nitrogens is 3. The standard InChI is InChI=1S/C51H31N3/c1-3-16-43-35(10-1)12-8-20-44(43)36-23-27-38(28-24-36)50-32-49(37-25-21-34(22-26-37)42-15-9-29-52-33-42)53-51(54-50)41-14-7-13-39(30-41)48-31-40-11-2-4-17-45(40)46-18-5-6-19-47(46)48/h1-3,5-16,18-33H. The molecule has 0 saturated carbocycles. The monoisotopic (exact) mass is 685 g/mol. The molecule has 0 amide bonds. The molecule has 2 heterocycles. The summed E-state index contributed by atoms with van der Waals surface area (Å²) in [5, 5.41) is 7.02. The molecule has 0 unspecified atom stereocenters. The van der Waals surface area contributed by atoms with Gasteiger partial charge in [0.1, 0.15) is 0 Å². The van der Waals surface area contributed by atoms with Gasteiger partial charge in [0.15, 0.2) is 5.82 Å². The van der Waals surface area contributed by atoms with Gasteiger partial charge in [0.2, 0.25) is 0 Å². The number of nitrogens with zero attached hydrogens (tertiary/aromatic N) is 3. The summed E-state index contributed by atoms with van der Waals surface area (Å²) in [6, 6.07) is 68.3. The SMILES string of the molecule is c1ccc2cc(-c3cccc(-c4nc(-c5ccc(-c6cccnc6)cc5)cc(-c5ccc(-c6cccc7ccccc67)cc5)n4)c3)c3ccccc3c2c#1. The smallest absolute Gasteiger partial charge is 0.160 e. The Labute approximate surface area is 313 Å². The molecule has 10 aromatic rings. The van der Waals surface area contributed by atoms with E-state index in [0.29, 0.717) is 5.82 Å². The first-order chi connectivity index (χ1) is 26.7. The van der Waals surface area contributed by atoms with Crippen molar-refractivity contribution in [1.29, 1.82) is 0 Å². The quantitative estimate of drug-likeness (QED) is 0.175. The van der Waals surface area contributed by atoms with E-state index >= 15 is 0 Å². The van der Waals surface area contributed by atoms with Crippen LogP contribution in [-0.2, 0) is 0 Å². The predicted molar refractivity (Wildman–Crippen MR) is 223 cm³/mol. The van der Waals surface area contributed by atoms with Crippen LogP contribution in [-0.4, -0.2) is 15.0 Å². The molecule has 250 valence electrons. The number of benzene rings is 7. The van der Waals surface area contributed by atoms with E-state index in [4.69, 9.17) is 9.97 Å². The first-order valence-corrected chi connectivity index (χ1v) is 18.1. The lowest BCUT2D eigenvalue weighted by Gasteiger charge is -2.13. The van der Waals surface area contributed by atoms with E-state index in [0.717, 1.165) is 66.5 Å². The highest BCUT2D eigenvalue weighted by molar-refractivity contribution is 6.13. The van der Waals surface area contributed by atoms with Crippen molar-refractivity contribution in [3.63, 3.8) is 0 Å². The zero-order valence-electron chi connectivity index (χ0n) is 29.2. The molecule has 0 atom stereocenters. The van der Waals surface area contributed by atoms with Crippen LogP contribution in [0.3, 0.4) is 0 Å². The van der Waals surface area contributed by atoms with Gasteiger partial charge in [-0.15, -0.1) is 0 Å². The second-order valence-electron chi connectivity index (χ2n) is 13.5. The second kappa shape index (κ2) is 13.3. The molecule has 0 fully saturated rings. The van der Waals surface area contributed by atoms with Gasteiger partial charge in [-0.1, -0.05) is 152 Å². The van der Waals surface area contributed by atoms with Gasteiger partial charge in [0.25, 0.3) is 0 Å². The van der Waals surface area contributed by atoms with Gasteiger partial charge < -0.3 is 0 Å². The van der Waals surface area contributed by atoms with Crippen molar-refractivity contribution in [2.75, 3.05) is 0 Å². The maximum absolute atomic E-state index is 5.24. The molecule has 0 spiro atoms. The summed E-state index contributed by atoms with van der Waals surface area (Å²) in [6.07, 6.45) is 3.69. The highest BCUT2D eigenvalue weighted by Gasteiger charge is 2.14. The van der Waals surface area contributed by atoms with Crippen molar-refractivity contribution < 1.29 is 0 Å². The van der Waals surface area contributed by atoms with E-state index in [1.165, 1.54) is 27.3 Å². The third-order valence-corrected chi connectivity index (χ3v) is 10.2. The first-order valence-electron chi connectivity index (χ1n) is 18.1. The lowest BCUT2D eigenvalue weighted by Crippen LogP contribution is -1.96. The summed E-state index contributed by atoms with van der Waals surface area (Å²) < 4.78 is 0. The molecule has 8 aromatic carbocycles. The van der Waals surface area contributed by atoms with E-state index in [2.05, 4.69) is 181 Å². The van der Waals surface area contributed by atoms with Crippen LogP contribution in [0.5, 0.6) is 0 Å². The van der Waals surface area contributed by atoms with E-state index in [-0.39, 0.29) is 0 Å². The average Bonchev–Trinajstić information content (AvgIpc) is 3.26. The molecule has 0 bridgehead atoms. The normalized spacial score (nSPS) is 11.2. The molecule has 0 aliphatic heterocycles. The zero-order valence-corrected chi connectivity index (χ0v) is 29.2. The van der Waals surface area contributed by atoms with Gasteiger partial charge in [0, 0.05) is 34.5 Å². The Morgan fingerprint density at radius 3 is 1.81 bits per heavy atom. The van der Waals surface area contributed by atoms with Gasteiger partial charge >= 0.3 is 0 Å². The number of fused-ring (bicyclic) bond motifs is 4. The molecule has 0 N–H and O–H groups in total. The molecule has 54 heavy (non-hydrogen) atoms. The maximum Gasteiger partial charge on any atom is 0.160 e. The number of hydrogen-bond acceptors (Lipinski definition) is 3. The van der Waals surface area contributed by atoms with Crippen LogP contribution < -0.4 is 0 Å². The largest absolute Gasteiger partial charge is 0.264 e. The van der Waals surface area contributed by atoms with Crippen molar-refractivity contribution in [2.45, 2.75) is 0 Å². The van der Waals surface area contributed by atoms with Crippen molar-refractivity contribution >= 4 is 32.3 Å². The molecule has 3 nitrogen and oxygen atoms in total. The summed E-state index contributed by atoms with van der Waals surface area (Å²) in [4.78, 5) is 14.8. The molecule has 0 aliphatic rings. The van der Waals surface area contributed by atoms with Crippen molar-refractivity contribution in [3.8, 4) is 67.3 Å². The average molecular weight is 686 g/mol. The van der Waals surface area contributed by atoms with E-state index < -0.39 is 0 Å². The zero-order chi connectivity index (χ0) is 35.8. The topological polar surface area (TPSA) is 38.7 Å². The summed E-state index contributed by atoms with van der Waals surface area (Å²) in [5.74, 6) is 0.673. The fraction of sp³-hybridized carbons (Fsp3) is 0. The van der Waals surface area contributed by atoms with Crippen molar-refractivity contribution in [2.24, 2.45) is 0 Å². The Balaban J connectivity index is 1.10. The Morgan fingerprint density at radius 1 is 0.389 bits per heavy atom. The third kappa shape index (κ3) is 5.73. The second-order valence-corrected chi connectivity index (χ2v) is 13.5. The molecular weight excluding hydrogens is 655 g/mol. The lowest BCUT2D eigenvalue weighted by atomic mass is 9.93. The van der Waals surface area contributed by atoms with Crippen LogP contribution >= 0.6 is 0 Å². The van der Waals surface area contributed by atoms with Gasteiger partial charge in [-0.2, -0.15) is 0 Å². The number of rotatable bonds is 6. The van der Waals surface area contributed by atoms with Crippen LogP contribution in [0.4, 0.5) is 0 Å². The van der Waals surface area contributed by atoms with Gasteiger partial charge in [-0.25, -0.2) is 9.97 Å². The summed E-state index contributed by atoms with van der Waals surface area (Å²) in [6.45, 7) is 0. The molecular formula is C51H31N3. The first kappa shape index (κ1) is 31.3. The Kier molecular flexibility index (Phi) is 7.71. The molecule has 0 saturated heterocycles. The minimum Gasteiger partial charge on any atom is -0.264 e. The Hall–Kier alpha value is -7.41. The Bertz CT molecular complexity index is 2960. The third-order valence-electron chi connectivity index (χ3n) is 10.2. The van der Waals surface area contributed by atoms with Crippen LogP contribution in [0, 0.1) is 12.1 Å². The van der Waals surface area contributed by atoms with Gasteiger partial charge in [0.05, 0.1) is 11.4 Å².